The number of hydrogen-bond donors (Lipinski definition) is 1. The van der Waals surface area contributed by atoms with Gasteiger partial charge >= 0.3 is 0 Å². The van der Waals surface area contributed by atoms with E-state index in [2.05, 4.69) is 35.6 Å². The molecule has 0 spiro atoms. The lowest BCUT2D eigenvalue weighted by Gasteiger charge is -2.16. The zero-order chi connectivity index (χ0) is 17.9. The first-order valence-electron chi connectivity index (χ1n) is 8.62. The number of rotatable bonds is 6. The third-order valence-electron chi connectivity index (χ3n) is 4.50. The van der Waals surface area contributed by atoms with Gasteiger partial charge < -0.3 is 10.1 Å². The van der Waals surface area contributed by atoms with Crippen LogP contribution in [0.4, 0.5) is 5.69 Å². The van der Waals surface area contributed by atoms with Crippen molar-refractivity contribution in [3.63, 3.8) is 0 Å². The average Bonchev–Trinajstić information content (AvgIpc) is 3.03. The molecule has 1 heterocycles. The molecule has 0 aliphatic carbocycles. The third kappa shape index (κ3) is 3.66. The Kier molecular flexibility index (Phi) is 4.78. The molecule has 0 saturated heterocycles. The lowest BCUT2D eigenvalue weighted by Crippen LogP contribution is -2.19. The monoisotopic (exact) mass is 366 g/mol. The van der Waals surface area contributed by atoms with E-state index >= 15 is 0 Å². The summed E-state index contributed by atoms with van der Waals surface area (Å²) < 4.78 is 7.58. The number of ether oxygens (including phenoxy) is 1. The van der Waals surface area contributed by atoms with Gasteiger partial charge in [0.1, 0.15) is 12.4 Å². The second-order valence-electron chi connectivity index (χ2n) is 6.38. The Morgan fingerprint density at radius 1 is 1.04 bits per heavy atom. The maximum Gasteiger partial charge on any atom is 0.229 e. The van der Waals surface area contributed by atoms with Gasteiger partial charge in [-0.3, -0.25) is 4.79 Å². The molecule has 5 heteroatoms. The Bertz CT molecular complexity index is 958. The number of hydrogen-bond acceptors (Lipinski definition) is 3. The highest BCUT2D eigenvalue weighted by Crippen LogP contribution is 2.31. The van der Waals surface area contributed by atoms with Crippen LogP contribution in [0.25, 0.3) is 10.8 Å². The highest BCUT2D eigenvalue weighted by atomic mass is 35.5. The number of nitrogens with zero attached hydrogens (tertiary/aromatic N) is 1. The molecule has 26 heavy (non-hydrogen) atoms. The van der Waals surface area contributed by atoms with Crippen LogP contribution in [-0.2, 0) is 17.8 Å². The van der Waals surface area contributed by atoms with Gasteiger partial charge in [-0.05, 0) is 46.3 Å². The molecule has 3 aromatic rings. The fourth-order valence-corrected chi connectivity index (χ4v) is 3.43. The van der Waals surface area contributed by atoms with Crippen molar-refractivity contribution in [3.05, 3.63) is 71.8 Å². The van der Waals surface area contributed by atoms with E-state index in [0.717, 1.165) is 22.6 Å². The van der Waals surface area contributed by atoms with Gasteiger partial charge in [0, 0.05) is 24.3 Å². The van der Waals surface area contributed by atoms with Gasteiger partial charge in [-0.1, -0.05) is 42.5 Å². The van der Waals surface area contributed by atoms with Gasteiger partial charge in [-0.25, -0.2) is 4.42 Å². The predicted molar refractivity (Wildman–Crippen MR) is 104 cm³/mol. The van der Waals surface area contributed by atoms with Gasteiger partial charge in [-0.15, -0.1) is 0 Å². The molecule has 0 radical (unpaired) electrons. The second-order valence-corrected chi connectivity index (χ2v) is 6.86. The van der Waals surface area contributed by atoms with E-state index in [1.54, 1.807) is 4.42 Å². The summed E-state index contributed by atoms with van der Waals surface area (Å²) in [4.78, 5) is 11.5. The summed E-state index contributed by atoms with van der Waals surface area (Å²) in [5, 5.41) is 5.26. The summed E-state index contributed by atoms with van der Waals surface area (Å²) in [6.45, 7) is 1.68. The molecule has 0 fully saturated rings. The van der Waals surface area contributed by atoms with Crippen LogP contribution in [0.3, 0.4) is 0 Å². The Morgan fingerprint density at radius 2 is 1.88 bits per heavy atom. The molecule has 1 aliphatic rings. The first-order chi connectivity index (χ1) is 12.7. The number of carbonyl (C=O) groups is 1. The first-order valence-corrected chi connectivity index (χ1v) is 8.96. The van der Waals surface area contributed by atoms with Crippen LogP contribution in [0.2, 0.25) is 0 Å². The zero-order valence-corrected chi connectivity index (χ0v) is 15.0. The molecular formula is C21H19ClN2O2. The van der Waals surface area contributed by atoms with E-state index in [0.29, 0.717) is 26.1 Å². The Balaban J connectivity index is 1.34. The molecule has 0 aromatic heterocycles. The normalized spacial score (nSPS) is 13.1. The number of benzene rings is 3. The van der Waals surface area contributed by atoms with Crippen molar-refractivity contribution >= 4 is 34.1 Å². The average molecular weight is 367 g/mol. The fourth-order valence-electron chi connectivity index (χ4n) is 3.22. The SMILES string of the molecule is O=C1Cc2c(cccc2OCCN(Cl)Cc2ccc3ccccc3c2)N1. The molecular weight excluding hydrogens is 348 g/mol. The fraction of sp³-hybridized carbons (Fsp3) is 0.190. The molecule has 0 bridgehead atoms. The zero-order valence-electron chi connectivity index (χ0n) is 14.2. The minimum atomic E-state index is 0.00586. The van der Waals surface area contributed by atoms with Crippen molar-refractivity contribution in [2.24, 2.45) is 0 Å². The molecule has 4 nitrogen and oxygen atoms in total. The summed E-state index contributed by atoms with van der Waals surface area (Å²) in [5.41, 5.74) is 2.92. The maximum atomic E-state index is 11.5. The van der Waals surface area contributed by atoms with Crippen LogP contribution in [0.5, 0.6) is 5.75 Å². The maximum absolute atomic E-state index is 11.5. The second kappa shape index (κ2) is 7.36. The third-order valence-corrected chi connectivity index (χ3v) is 4.79. The van der Waals surface area contributed by atoms with Crippen LogP contribution in [0, 0.1) is 0 Å². The highest BCUT2D eigenvalue weighted by Gasteiger charge is 2.21. The molecule has 132 valence electrons. The lowest BCUT2D eigenvalue weighted by molar-refractivity contribution is -0.115. The molecule has 4 rings (SSSR count). The van der Waals surface area contributed by atoms with E-state index < -0.39 is 0 Å². The van der Waals surface area contributed by atoms with Crippen LogP contribution >= 0.6 is 11.8 Å². The number of amides is 1. The van der Waals surface area contributed by atoms with Crippen LogP contribution in [0.15, 0.2) is 60.7 Å². The quantitative estimate of drug-likeness (QED) is 0.659. The summed E-state index contributed by atoms with van der Waals surface area (Å²) in [5.74, 6) is 0.753. The minimum Gasteiger partial charge on any atom is -0.492 e. The van der Waals surface area contributed by atoms with Gasteiger partial charge in [-0.2, -0.15) is 0 Å². The molecule has 0 saturated carbocycles. The molecule has 1 aliphatic heterocycles. The van der Waals surface area contributed by atoms with E-state index in [1.165, 1.54) is 10.8 Å². The van der Waals surface area contributed by atoms with E-state index in [4.69, 9.17) is 16.5 Å². The minimum absolute atomic E-state index is 0.00586. The standard InChI is InChI=1S/C21H19ClN2O2/c22-24(14-15-8-9-16-4-1-2-5-17(16)12-15)10-11-26-20-7-3-6-19-18(20)13-21(25)23-19/h1-9,12H,10-11,13-14H2,(H,23,25). The molecule has 1 amide bonds. The molecule has 0 atom stereocenters. The van der Waals surface area contributed by atoms with Gasteiger partial charge in [0.2, 0.25) is 5.91 Å². The predicted octanol–water partition coefficient (Wildman–Crippen LogP) is 4.37. The molecule has 0 unspecified atom stereocenters. The number of fused-ring (bicyclic) bond motifs is 2. The number of carbonyl (C=O) groups excluding carboxylic acids is 1. The van der Waals surface area contributed by atoms with E-state index in [1.807, 2.05) is 30.3 Å². The number of halogens is 1. The molecule has 1 N–H and O–H groups in total. The van der Waals surface area contributed by atoms with Crippen molar-refractivity contribution < 1.29 is 9.53 Å². The highest BCUT2D eigenvalue weighted by molar-refractivity contribution is 6.13. The Morgan fingerprint density at radius 3 is 2.77 bits per heavy atom. The van der Waals surface area contributed by atoms with Gasteiger partial charge in [0.05, 0.1) is 6.42 Å². The number of nitrogens with one attached hydrogen (secondary N) is 1. The largest absolute Gasteiger partial charge is 0.492 e. The van der Waals surface area contributed by atoms with E-state index in [9.17, 15) is 4.79 Å². The Labute approximate surface area is 157 Å². The number of anilines is 1. The summed E-state index contributed by atoms with van der Waals surface area (Å²) in [6, 6.07) is 20.3. The summed E-state index contributed by atoms with van der Waals surface area (Å²) in [6.07, 6.45) is 0.368. The summed E-state index contributed by atoms with van der Waals surface area (Å²) in [7, 11) is 0. The van der Waals surface area contributed by atoms with Gasteiger partial charge in [0.15, 0.2) is 0 Å². The van der Waals surface area contributed by atoms with Crippen molar-refractivity contribution in [2.75, 3.05) is 18.5 Å². The first kappa shape index (κ1) is 16.9. The van der Waals surface area contributed by atoms with Gasteiger partial charge in [0.25, 0.3) is 0 Å². The van der Waals surface area contributed by atoms with Crippen molar-refractivity contribution in [1.29, 1.82) is 0 Å². The van der Waals surface area contributed by atoms with Crippen molar-refractivity contribution in [2.45, 2.75) is 13.0 Å². The van der Waals surface area contributed by atoms with E-state index in [-0.39, 0.29) is 5.91 Å². The van der Waals surface area contributed by atoms with Crippen LogP contribution < -0.4 is 10.1 Å². The van der Waals surface area contributed by atoms with Crippen molar-refractivity contribution in [3.8, 4) is 5.75 Å². The van der Waals surface area contributed by atoms with Crippen molar-refractivity contribution in [1.82, 2.24) is 4.42 Å². The Hall–Kier alpha value is -2.56. The summed E-state index contributed by atoms with van der Waals surface area (Å²) >= 11 is 6.36. The topological polar surface area (TPSA) is 41.6 Å². The van der Waals surface area contributed by atoms with Crippen LogP contribution in [0.1, 0.15) is 11.1 Å². The molecule has 3 aromatic carbocycles. The lowest BCUT2D eigenvalue weighted by atomic mass is 10.1. The van der Waals surface area contributed by atoms with Crippen LogP contribution in [-0.4, -0.2) is 23.5 Å². The smallest absolute Gasteiger partial charge is 0.229 e.